The highest BCUT2D eigenvalue weighted by Crippen LogP contribution is 2.29. The first-order valence-corrected chi connectivity index (χ1v) is 7.57. The van der Waals surface area contributed by atoms with Crippen LogP contribution in [0.25, 0.3) is 6.08 Å². The molecule has 2 aromatic rings. The number of carbonyl (C=O) groups excluding carboxylic acids is 1. The van der Waals surface area contributed by atoms with E-state index in [9.17, 15) is 14.4 Å². The van der Waals surface area contributed by atoms with Gasteiger partial charge >= 0.3 is 0 Å². The molecule has 0 aliphatic carbocycles. The molecule has 0 aliphatic heterocycles. The molecule has 0 aliphatic rings. The number of methoxy groups -OCH3 is 1. The smallest absolute Gasteiger partial charge is 0.266 e. The maximum Gasteiger partial charge on any atom is 0.266 e. The monoisotopic (exact) mass is 340 g/mol. The molecule has 0 fully saturated rings. The van der Waals surface area contributed by atoms with Crippen molar-refractivity contribution in [2.75, 3.05) is 19.0 Å². The van der Waals surface area contributed by atoms with Crippen LogP contribution in [-0.2, 0) is 4.79 Å². The number of hydrogen-bond acceptors (Lipinski definition) is 4. The molecule has 0 unspecified atom stereocenters. The third-order valence-electron chi connectivity index (χ3n) is 3.29. The predicted molar refractivity (Wildman–Crippen MR) is 92.8 cm³/mol. The zero-order valence-corrected chi connectivity index (χ0v) is 13.9. The second-order valence-electron chi connectivity index (χ2n) is 4.95. The van der Waals surface area contributed by atoms with E-state index in [1.807, 2.05) is 13.0 Å². The van der Waals surface area contributed by atoms with Crippen LogP contribution in [-0.4, -0.2) is 19.6 Å². The molecule has 0 atom stereocenters. The number of amides is 1. The molecular weight excluding hydrogens is 323 g/mol. The van der Waals surface area contributed by atoms with Gasteiger partial charge < -0.3 is 14.8 Å². The number of para-hydroxylation sites is 1. The fourth-order valence-electron chi connectivity index (χ4n) is 2.12. The Labute approximate surface area is 145 Å². The molecule has 0 spiro atoms. The minimum Gasteiger partial charge on any atom is -0.493 e. The van der Waals surface area contributed by atoms with Crippen LogP contribution in [0.15, 0.2) is 48.0 Å². The Kier molecular flexibility index (Phi) is 6.13. The highest BCUT2D eigenvalue weighted by Gasteiger charge is 2.12. The summed E-state index contributed by atoms with van der Waals surface area (Å²) in [6, 6.07) is 12.6. The van der Waals surface area contributed by atoms with Gasteiger partial charge in [0.25, 0.3) is 5.91 Å². The summed E-state index contributed by atoms with van der Waals surface area (Å²) in [4.78, 5) is 12.2. The second kappa shape index (κ2) is 8.50. The maximum absolute atomic E-state index is 13.6. The van der Waals surface area contributed by atoms with Crippen LogP contribution in [0.1, 0.15) is 12.5 Å². The molecule has 0 saturated carbocycles. The zero-order valence-electron chi connectivity index (χ0n) is 13.9. The topological polar surface area (TPSA) is 71.3 Å². The SMILES string of the molecule is CCOc1ccc(/C=C(\C#N)C(=O)Nc2ccccc2F)cc1OC. The van der Waals surface area contributed by atoms with Gasteiger partial charge in [-0.3, -0.25) is 4.79 Å². The van der Waals surface area contributed by atoms with Crippen molar-refractivity contribution in [1.29, 1.82) is 5.26 Å². The fourth-order valence-corrected chi connectivity index (χ4v) is 2.12. The minimum atomic E-state index is -0.694. The van der Waals surface area contributed by atoms with Gasteiger partial charge in [-0.1, -0.05) is 18.2 Å². The molecule has 2 aromatic carbocycles. The average molecular weight is 340 g/mol. The summed E-state index contributed by atoms with van der Waals surface area (Å²) in [5.41, 5.74) is 0.438. The number of carbonyl (C=O) groups is 1. The summed E-state index contributed by atoms with van der Waals surface area (Å²) in [6.07, 6.45) is 1.40. The number of nitrogens with zero attached hydrogens (tertiary/aromatic N) is 1. The van der Waals surface area contributed by atoms with Crippen LogP contribution in [0.2, 0.25) is 0 Å². The predicted octanol–water partition coefficient (Wildman–Crippen LogP) is 3.78. The van der Waals surface area contributed by atoms with Gasteiger partial charge in [0.15, 0.2) is 11.5 Å². The van der Waals surface area contributed by atoms with Crippen LogP contribution in [0.3, 0.4) is 0 Å². The number of hydrogen-bond donors (Lipinski definition) is 1. The lowest BCUT2D eigenvalue weighted by Crippen LogP contribution is -2.14. The molecule has 0 saturated heterocycles. The van der Waals surface area contributed by atoms with E-state index in [1.54, 1.807) is 24.3 Å². The average Bonchev–Trinajstić information content (AvgIpc) is 2.62. The summed E-state index contributed by atoms with van der Waals surface area (Å²) >= 11 is 0. The van der Waals surface area contributed by atoms with E-state index in [-0.39, 0.29) is 11.3 Å². The minimum absolute atomic E-state index is 0.0120. The Balaban J connectivity index is 2.26. The van der Waals surface area contributed by atoms with Gasteiger partial charge in [0.05, 0.1) is 19.4 Å². The summed E-state index contributed by atoms with van der Waals surface area (Å²) < 4.78 is 24.3. The van der Waals surface area contributed by atoms with E-state index in [0.717, 1.165) is 0 Å². The van der Waals surface area contributed by atoms with Crippen molar-refractivity contribution in [3.63, 3.8) is 0 Å². The number of nitrogens with one attached hydrogen (secondary N) is 1. The second-order valence-corrected chi connectivity index (χ2v) is 4.95. The van der Waals surface area contributed by atoms with Gasteiger partial charge in [-0.25, -0.2) is 4.39 Å². The molecule has 0 bridgehead atoms. The van der Waals surface area contributed by atoms with E-state index < -0.39 is 11.7 Å². The van der Waals surface area contributed by atoms with Crippen molar-refractivity contribution >= 4 is 17.7 Å². The maximum atomic E-state index is 13.6. The van der Waals surface area contributed by atoms with Gasteiger partial charge in [-0.05, 0) is 42.8 Å². The number of halogens is 1. The molecule has 0 radical (unpaired) electrons. The molecule has 128 valence electrons. The van der Waals surface area contributed by atoms with Crippen molar-refractivity contribution in [2.45, 2.75) is 6.92 Å². The Hall–Kier alpha value is -3.33. The molecule has 1 N–H and O–H groups in total. The number of nitriles is 1. The van der Waals surface area contributed by atoms with Gasteiger partial charge in [0.1, 0.15) is 17.5 Å². The van der Waals surface area contributed by atoms with Gasteiger partial charge in [0, 0.05) is 0 Å². The van der Waals surface area contributed by atoms with Crippen LogP contribution in [0.5, 0.6) is 11.5 Å². The van der Waals surface area contributed by atoms with Crippen molar-refractivity contribution < 1.29 is 18.7 Å². The van der Waals surface area contributed by atoms with Crippen LogP contribution in [0, 0.1) is 17.1 Å². The lowest BCUT2D eigenvalue weighted by Gasteiger charge is -2.10. The van der Waals surface area contributed by atoms with Crippen molar-refractivity contribution in [3.8, 4) is 17.6 Å². The fraction of sp³-hybridized carbons (Fsp3) is 0.158. The summed E-state index contributed by atoms with van der Waals surface area (Å²) in [7, 11) is 1.50. The van der Waals surface area contributed by atoms with E-state index in [4.69, 9.17) is 9.47 Å². The van der Waals surface area contributed by atoms with Gasteiger partial charge in [0.2, 0.25) is 0 Å². The molecule has 2 rings (SSSR count). The van der Waals surface area contributed by atoms with E-state index in [1.165, 1.54) is 31.4 Å². The molecule has 6 heteroatoms. The highest BCUT2D eigenvalue weighted by molar-refractivity contribution is 6.09. The van der Waals surface area contributed by atoms with Gasteiger partial charge in [-0.2, -0.15) is 5.26 Å². The van der Waals surface area contributed by atoms with Crippen LogP contribution < -0.4 is 14.8 Å². The summed E-state index contributed by atoms with van der Waals surface area (Å²) in [5.74, 6) is -0.213. The standard InChI is InChI=1S/C19H17FN2O3/c1-3-25-17-9-8-13(11-18(17)24-2)10-14(12-21)19(23)22-16-7-5-4-6-15(16)20/h4-11H,3H2,1-2H3,(H,22,23)/b14-10+. The van der Waals surface area contributed by atoms with E-state index in [2.05, 4.69) is 5.32 Å². The number of anilines is 1. The number of benzene rings is 2. The normalized spacial score (nSPS) is 10.7. The Morgan fingerprint density at radius 1 is 1.28 bits per heavy atom. The molecule has 25 heavy (non-hydrogen) atoms. The summed E-state index contributed by atoms with van der Waals surface area (Å²) in [5, 5.41) is 11.6. The van der Waals surface area contributed by atoms with Crippen LogP contribution >= 0.6 is 0 Å². The number of rotatable bonds is 6. The molecule has 0 aromatic heterocycles. The first kappa shape index (κ1) is 18.0. The third-order valence-corrected chi connectivity index (χ3v) is 3.29. The Morgan fingerprint density at radius 2 is 2.04 bits per heavy atom. The van der Waals surface area contributed by atoms with E-state index in [0.29, 0.717) is 23.7 Å². The highest BCUT2D eigenvalue weighted by atomic mass is 19.1. The zero-order chi connectivity index (χ0) is 18.2. The van der Waals surface area contributed by atoms with Crippen molar-refractivity contribution in [3.05, 3.63) is 59.4 Å². The third kappa shape index (κ3) is 4.58. The molecule has 5 nitrogen and oxygen atoms in total. The van der Waals surface area contributed by atoms with Crippen molar-refractivity contribution in [1.82, 2.24) is 0 Å². The first-order chi connectivity index (χ1) is 12.1. The summed E-state index contributed by atoms with van der Waals surface area (Å²) in [6.45, 7) is 2.34. The van der Waals surface area contributed by atoms with Crippen LogP contribution in [0.4, 0.5) is 10.1 Å². The quantitative estimate of drug-likeness (QED) is 0.642. The molecule has 0 heterocycles. The lowest BCUT2D eigenvalue weighted by atomic mass is 10.1. The molecule has 1 amide bonds. The molecular formula is C19H17FN2O3. The van der Waals surface area contributed by atoms with Gasteiger partial charge in [-0.15, -0.1) is 0 Å². The lowest BCUT2D eigenvalue weighted by molar-refractivity contribution is -0.112. The van der Waals surface area contributed by atoms with Crippen molar-refractivity contribution in [2.24, 2.45) is 0 Å². The largest absolute Gasteiger partial charge is 0.493 e. The van der Waals surface area contributed by atoms with E-state index >= 15 is 0 Å². The Bertz CT molecular complexity index is 841. The Morgan fingerprint density at radius 3 is 2.68 bits per heavy atom. The number of ether oxygens (including phenoxy) is 2. The first-order valence-electron chi connectivity index (χ1n) is 7.57.